The summed E-state index contributed by atoms with van der Waals surface area (Å²) in [6, 6.07) is 8.34. The van der Waals surface area contributed by atoms with Crippen LogP contribution < -0.4 is 5.32 Å². The van der Waals surface area contributed by atoms with Crippen LogP contribution >= 0.6 is 0 Å². The van der Waals surface area contributed by atoms with Gasteiger partial charge in [-0.15, -0.1) is 0 Å². The van der Waals surface area contributed by atoms with Gasteiger partial charge in [-0.25, -0.2) is 0 Å². The predicted molar refractivity (Wildman–Crippen MR) is 66.6 cm³/mol. The topological polar surface area (TPSA) is 42.0 Å². The normalized spacial score (nSPS) is 14.8. The molecule has 1 amide bonds. The molecule has 0 unspecified atom stereocenters. The molecule has 3 nitrogen and oxygen atoms in total. The zero-order valence-corrected chi connectivity index (χ0v) is 9.52. The maximum absolute atomic E-state index is 10.3. The number of hydrogen-bond donors (Lipinski definition) is 1. The van der Waals surface area contributed by atoms with Crippen LogP contribution in [-0.4, -0.2) is 11.4 Å². The Morgan fingerprint density at radius 1 is 1.35 bits per heavy atom. The summed E-state index contributed by atoms with van der Waals surface area (Å²) < 4.78 is 0. The second-order valence-electron chi connectivity index (χ2n) is 4.52. The lowest BCUT2D eigenvalue weighted by Gasteiger charge is -2.06. The number of nitrogens with one attached hydrogen (secondary N) is 1. The third-order valence-corrected chi connectivity index (χ3v) is 3.21. The van der Waals surface area contributed by atoms with Gasteiger partial charge in [-0.05, 0) is 35.9 Å². The first-order chi connectivity index (χ1) is 8.38. The van der Waals surface area contributed by atoms with Crippen LogP contribution in [0, 0.1) is 0 Å². The molecule has 1 saturated carbocycles. The lowest BCUT2D eigenvalue weighted by Crippen LogP contribution is -2.09. The van der Waals surface area contributed by atoms with E-state index < -0.39 is 0 Å². The van der Waals surface area contributed by atoms with Gasteiger partial charge in [-0.2, -0.15) is 0 Å². The molecule has 1 aromatic carbocycles. The first-order valence-corrected chi connectivity index (χ1v) is 5.93. The minimum absolute atomic E-state index is 0.584. The zero-order chi connectivity index (χ0) is 11.7. The molecule has 3 heteroatoms. The molecule has 2 aromatic rings. The van der Waals surface area contributed by atoms with Gasteiger partial charge in [-0.1, -0.05) is 12.1 Å². The number of fused-ring (bicyclic) bond motifs is 1. The first kappa shape index (κ1) is 10.3. The number of rotatable bonds is 4. The molecule has 0 radical (unpaired) electrons. The van der Waals surface area contributed by atoms with Crippen molar-refractivity contribution in [2.75, 3.05) is 0 Å². The molecule has 0 atom stereocenters. The maximum atomic E-state index is 10.3. The van der Waals surface area contributed by atoms with Crippen LogP contribution in [0.1, 0.15) is 30.0 Å². The molecule has 0 spiro atoms. The highest BCUT2D eigenvalue weighted by Gasteiger charge is 2.26. The third-order valence-electron chi connectivity index (χ3n) is 3.21. The quantitative estimate of drug-likeness (QED) is 0.813. The highest BCUT2D eigenvalue weighted by Crippen LogP contribution is 2.41. The standard InChI is InChI=1S/C14H14N2O/c17-9-15-8-10-1-4-13-12(7-10)5-6-16-14(13)11-2-3-11/h1,4-7,9,11H,2-3,8H2,(H,15,17). The van der Waals surface area contributed by atoms with E-state index in [2.05, 4.69) is 28.5 Å². The number of aromatic nitrogens is 1. The number of hydrogen-bond acceptors (Lipinski definition) is 2. The average molecular weight is 226 g/mol. The van der Waals surface area contributed by atoms with Gasteiger partial charge in [-0.3, -0.25) is 9.78 Å². The Labute approximate surface area is 99.9 Å². The van der Waals surface area contributed by atoms with Gasteiger partial charge >= 0.3 is 0 Å². The summed E-state index contributed by atoms with van der Waals surface area (Å²) in [6.07, 6.45) is 5.14. The largest absolute Gasteiger partial charge is 0.355 e. The lowest BCUT2D eigenvalue weighted by molar-refractivity contribution is -0.109. The summed E-state index contributed by atoms with van der Waals surface area (Å²) in [6.45, 7) is 0.584. The Morgan fingerprint density at radius 3 is 3.00 bits per heavy atom. The van der Waals surface area contributed by atoms with Crippen molar-refractivity contribution >= 4 is 17.2 Å². The third kappa shape index (κ3) is 2.00. The molecule has 1 fully saturated rings. The Hall–Kier alpha value is -1.90. The van der Waals surface area contributed by atoms with Gasteiger partial charge in [0.25, 0.3) is 0 Å². The van der Waals surface area contributed by atoms with Crippen LogP contribution in [0.25, 0.3) is 10.8 Å². The van der Waals surface area contributed by atoms with Gasteiger partial charge in [0.15, 0.2) is 0 Å². The summed E-state index contributed by atoms with van der Waals surface area (Å²) in [7, 11) is 0. The molecule has 1 aliphatic carbocycles. The number of benzene rings is 1. The van der Waals surface area contributed by atoms with Crippen LogP contribution in [0.5, 0.6) is 0 Å². The van der Waals surface area contributed by atoms with E-state index in [1.807, 2.05) is 12.3 Å². The SMILES string of the molecule is O=CNCc1ccc2c(C3CC3)nccc2c1. The van der Waals surface area contributed by atoms with E-state index in [1.165, 1.54) is 29.3 Å². The molecule has 0 aliphatic heterocycles. The molecule has 0 bridgehead atoms. The lowest BCUT2D eigenvalue weighted by atomic mass is 10.0. The number of carbonyl (C=O) groups excluding carboxylic acids is 1. The zero-order valence-electron chi connectivity index (χ0n) is 9.52. The van der Waals surface area contributed by atoms with Crippen LogP contribution in [-0.2, 0) is 11.3 Å². The van der Waals surface area contributed by atoms with E-state index >= 15 is 0 Å². The van der Waals surface area contributed by atoms with E-state index in [0.717, 1.165) is 12.0 Å². The van der Waals surface area contributed by atoms with Crippen molar-refractivity contribution < 1.29 is 4.79 Å². The van der Waals surface area contributed by atoms with E-state index in [1.54, 1.807) is 0 Å². The number of nitrogens with zero attached hydrogens (tertiary/aromatic N) is 1. The maximum Gasteiger partial charge on any atom is 0.207 e. The van der Waals surface area contributed by atoms with E-state index in [0.29, 0.717) is 12.5 Å². The van der Waals surface area contributed by atoms with Crippen molar-refractivity contribution in [1.82, 2.24) is 10.3 Å². The molecule has 0 saturated heterocycles. The second-order valence-corrected chi connectivity index (χ2v) is 4.52. The van der Waals surface area contributed by atoms with Crippen molar-refractivity contribution in [3.05, 3.63) is 41.7 Å². The minimum atomic E-state index is 0.584. The van der Waals surface area contributed by atoms with Crippen LogP contribution in [0.3, 0.4) is 0 Å². The van der Waals surface area contributed by atoms with Crippen molar-refractivity contribution in [2.45, 2.75) is 25.3 Å². The molecule has 1 aromatic heterocycles. The molecule has 1 N–H and O–H groups in total. The summed E-state index contributed by atoms with van der Waals surface area (Å²) in [4.78, 5) is 14.8. The second kappa shape index (κ2) is 4.17. The highest BCUT2D eigenvalue weighted by atomic mass is 16.1. The summed E-state index contributed by atoms with van der Waals surface area (Å²) >= 11 is 0. The van der Waals surface area contributed by atoms with Gasteiger partial charge in [0.1, 0.15) is 0 Å². The van der Waals surface area contributed by atoms with Crippen molar-refractivity contribution in [2.24, 2.45) is 0 Å². The van der Waals surface area contributed by atoms with Crippen LogP contribution in [0.2, 0.25) is 0 Å². The van der Waals surface area contributed by atoms with E-state index in [9.17, 15) is 4.79 Å². The molecular formula is C14H14N2O. The fourth-order valence-corrected chi connectivity index (χ4v) is 2.20. The Bertz CT molecular complexity index is 561. The van der Waals surface area contributed by atoms with Crippen molar-refractivity contribution in [1.29, 1.82) is 0 Å². The minimum Gasteiger partial charge on any atom is -0.355 e. The molecule has 3 rings (SSSR count). The van der Waals surface area contributed by atoms with E-state index in [4.69, 9.17) is 0 Å². The molecule has 1 aliphatic rings. The van der Waals surface area contributed by atoms with Gasteiger partial charge in [0.2, 0.25) is 6.41 Å². The fourth-order valence-electron chi connectivity index (χ4n) is 2.20. The predicted octanol–water partition coefficient (Wildman–Crippen LogP) is 2.36. The van der Waals surface area contributed by atoms with Gasteiger partial charge in [0, 0.05) is 24.0 Å². The first-order valence-electron chi connectivity index (χ1n) is 5.93. The van der Waals surface area contributed by atoms with Gasteiger partial charge in [0.05, 0.1) is 5.69 Å². The Balaban J connectivity index is 2.02. The monoisotopic (exact) mass is 226 g/mol. The number of amides is 1. The summed E-state index contributed by atoms with van der Waals surface area (Å²) in [5.74, 6) is 0.664. The molecule has 86 valence electrons. The van der Waals surface area contributed by atoms with Crippen molar-refractivity contribution in [3.8, 4) is 0 Å². The fraction of sp³-hybridized carbons (Fsp3) is 0.286. The smallest absolute Gasteiger partial charge is 0.207 e. The van der Waals surface area contributed by atoms with E-state index in [-0.39, 0.29) is 0 Å². The number of carbonyl (C=O) groups is 1. The summed E-state index contributed by atoms with van der Waals surface area (Å²) in [5.41, 5.74) is 2.36. The highest BCUT2D eigenvalue weighted by molar-refractivity contribution is 5.85. The summed E-state index contributed by atoms with van der Waals surface area (Å²) in [5, 5.41) is 5.15. The average Bonchev–Trinajstić information content (AvgIpc) is 3.19. The molecule has 1 heterocycles. The van der Waals surface area contributed by atoms with Crippen LogP contribution in [0.15, 0.2) is 30.5 Å². The van der Waals surface area contributed by atoms with Gasteiger partial charge < -0.3 is 5.32 Å². The number of pyridine rings is 1. The van der Waals surface area contributed by atoms with Crippen molar-refractivity contribution in [3.63, 3.8) is 0 Å². The Kier molecular flexibility index (Phi) is 2.52. The molecular weight excluding hydrogens is 212 g/mol. The molecule has 17 heavy (non-hydrogen) atoms. The van der Waals surface area contributed by atoms with Crippen LogP contribution in [0.4, 0.5) is 0 Å². The Morgan fingerprint density at radius 2 is 2.24 bits per heavy atom.